The van der Waals surface area contributed by atoms with Gasteiger partial charge in [-0.25, -0.2) is 9.55 Å². The van der Waals surface area contributed by atoms with Crippen molar-refractivity contribution >= 4 is 0 Å². The highest BCUT2D eigenvalue weighted by Crippen LogP contribution is 2.26. The topological polar surface area (TPSA) is 19.7 Å². The lowest BCUT2D eigenvalue weighted by Gasteiger charge is -2.14. The molecule has 0 aliphatic rings. The van der Waals surface area contributed by atoms with Crippen molar-refractivity contribution in [3.05, 3.63) is 18.2 Å². The Morgan fingerprint density at radius 1 is 0.643 bits per heavy atom. The molecular formula is C26H51N2+. The standard InChI is InChI=1S/C26H50N2/c1-4-7-9-11-13-14-15-17-19-21-25(20-18-16-12-10-8-5-2)26-27-22-24-28(26)23-6-3/h22,24-25H,4-21,23H2,1-3H3/p+1/t25-/m0/s1. The number of aryl methyl sites for hydroxylation is 1. The van der Waals surface area contributed by atoms with E-state index in [0.717, 1.165) is 12.5 Å². The van der Waals surface area contributed by atoms with Crippen LogP contribution in [0.5, 0.6) is 0 Å². The average Bonchev–Trinajstić information content (AvgIpc) is 3.16. The van der Waals surface area contributed by atoms with E-state index in [1.165, 1.54) is 121 Å². The van der Waals surface area contributed by atoms with Gasteiger partial charge >= 0.3 is 0 Å². The van der Waals surface area contributed by atoms with Gasteiger partial charge in [-0.15, -0.1) is 0 Å². The molecule has 0 bridgehead atoms. The van der Waals surface area contributed by atoms with Gasteiger partial charge in [0.05, 0.1) is 12.5 Å². The van der Waals surface area contributed by atoms with Crippen LogP contribution in [0, 0.1) is 0 Å². The number of nitrogens with zero attached hydrogens (tertiary/aromatic N) is 1. The Kier molecular flexibility index (Phi) is 16.5. The Hall–Kier alpha value is -0.790. The number of hydrogen-bond acceptors (Lipinski definition) is 0. The SMILES string of the molecule is CCCCCCCCCCC[C@H](CCCCCCCC)c1[nH]cc[n+]1CCC. The number of aromatic nitrogens is 2. The van der Waals surface area contributed by atoms with Crippen molar-refractivity contribution < 1.29 is 4.57 Å². The van der Waals surface area contributed by atoms with Crippen LogP contribution in [-0.4, -0.2) is 4.98 Å². The number of nitrogens with one attached hydrogen (secondary N) is 1. The molecule has 0 radical (unpaired) electrons. The molecule has 1 rings (SSSR count). The Bertz CT molecular complexity index is 437. The van der Waals surface area contributed by atoms with Crippen molar-refractivity contribution in [2.45, 2.75) is 149 Å². The molecule has 1 aromatic rings. The van der Waals surface area contributed by atoms with Crippen LogP contribution in [0.25, 0.3) is 0 Å². The van der Waals surface area contributed by atoms with Gasteiger partial charge in [0, 0.05) is 0 Å². The summed E-state index contributed by atoms with van der Waals surface area (Å²) in [4.78, 5) is 3.60. The molecule has 0 amide bonds. The molecule has 1 N–H and O–H groups in total. The molecule has 0 unspecified atom stereocenters. The van der Waals surface area contributed by atoms with E-state index < -0.39 is 0 Å². The molecule has 0 saturated carbocycles. The fraction of sp³-hybridized carbons (Fsp3) is 0.885. The monoisotopic (exact) mass is 391 g/mol. The number of unbranched alkanes of at least 4 members (excludes halogenated alkanes) is 13. The molecule has 0 saturated heterocycles. The largest absolute Gasteiger partial charge is 0.257 e. The van der Waals surface area contributed by atoms with E-state index in [-0.39, 0.29) is 0 Å². The van der Waals surface area contributed by atoms with Crippen molar-refractivity contribution in [1.82, 2.24) is 4.98 Å². The first-order valence-corrected chi connectivity index (χ1v) is 12.9. The van der Waals surface area contributed by atoms with Crippen LogP contribution in [0.2, 0.25) is 0 Å². The normalized spacial score (nSPS) is 12.5. The summed E-state index contributed by atoms with van der Waals surface area (Å²) in [7, 11) is 0. The van der Waals surface area contributed by atoms with Crippen LogP contribution >= 0.6 is 0 Å². The summed E-state index contributed by atoms with van der Waals surface area (Å²) in [5.74, 6) is 2.23. The first kappa shape index (κ1) is 25.2. The lowest BCUT2D eigenvalue weighted by molar-refractivity contribution is -0.704. The number of H-pyrrole nitrogens is 1. The van der Waals surface area contributed by atoms with E-state index in [4.69, 9.17) is 0 Å². The fourth-order valence-electron chi connectivity index (χ4n) is 4.45. The van der Waals surface area contributed by atoms with Gasteiger partial charge in [0.1, 0.15) is 12.4 Å². The summed E-state index contributed by atoms with van der Waals surface area (Å²) in [6, 6.07) is 0. The van der Waals surface area contributed by atoms with Crippen LogP contribution in [0.4, 0.5) is 0 Å². The van der Waals surface area contributed by atoms with E-state index in [2.05, 4.69) is 42.7 Å². The Morgan fingerprint density at radius 3 is 1.57 bits per heavy atom. The van der Waals surface area contributed by atoms with Gasteiger partial charge in [0.15, 0.2) is 0 Å². The van der Waals surface area contributed by atoms with E-state index in [0.29, 0.717) is 0 Å². The smallest absolute Gasteiger partial charge is 0.247 e. The molecule has 2 nitrogen and oxygen atoms in total. The third-order valence-corrected chi connectivity index (χ3v) is 6.21. The lowest BCUT2D eigenvalue weighted by atomic mass is 9.93. The minimum atomic E-state index is 0.734. The van der Waals surface area contributed by atoms with Gasteiger partial charge in [0.25, 0.3) is 5.82 Å². The average molecular weight is 392 g/mol. The predicted octanol–water partition coefficient (Wildman–Crippen LogP) is 8.47. The van der Waals surface area contributed by atoms with Crippen molar-refractivity contribution in [2.24, 2.45) is 0 Å². The molecule has 0 fully saturated rings. The molecule has 0 aliphatic carbocycles. The van der Waals surface area contributed by atoms with Crippen molar-refractivity contribution in [3.63, 3.8) is 0 Å². The fourth-order valence-corrected chi connectivity index (χ4v) is 4.45. The predicted molar refractivity (Wildman–Crippen MR) is 124 cm³/mol. The number of rotatable bonds is 20. The van der Waals surface area contributed by atoms with Crippen LogP contribution in [-0.2, 0) is 6.54 Å². The zero-order valence-electron chi connectivity index (χ0n) is 19.6. The highest BCUT2D eigenvalue weighted by Gasteiger charge is 2.22. The first-order valence-electron chi connectivity index (χ1n) is 12.9. The highest BCUT2D eigenvalue weighted by atomic mass is 15.1. The second-order valence-electron chi connectivity index (χ2n) is 8.91. The van der Waals surface area contributed by atoms with Crippen molar-refractivity contribution in [2.75, 3.05) is 0 Å². The zero-order valence-corrected chi connectivity index (χ0v) is 19.6. The van der Waals surface area contributed by atoms with Crippen LogP contribution in [0.1, 0.15) is 148 Å². The molecule has 1 atom stereocenters. The van der Waals surface area contributed by atoms with Gasteiger partial charge in [-0.3, -0.25) is 0 Å². The van der Waals surface area contributed by atoms with Gasteiger partial charge in [0.2, 0.25) is 0 Å². The molecular weight excluding hydrogens is 340 g/mol. The highest BCUT2D eigenvalue weighted by molar-refractivity contribution is 4.90. The van der Waals surface area contributed by atoms with E-state index in [9.17, 15) is 0 Å². The molecule has 2 heteroatoms. The molecule has 1 heterocycles. The summed E-state index contributed by atoms with van der Waals surface area (Å²) in [6.45, 7) is 8.05. The third kappa shape index (κ3) is 11.9. The maximum atomic E-state index is 3.60. The summed E-state index contributed by atoms with van der Waals surface area (Å²) in [5.41, 5.74) is 0. The summed E-state index contributed by atoms with van der Waals surface area (Å²) >= 11 is 0. The Labute approximate surface area is 176 Å². The molecule has 28 heavy (non-hydrogen) atoms. The minimum absolute atomic E-state index is 0.734. The van der Waals surface area contributed by atoms with Crippen LogP contribution in [0.3, 0.4) is 0 Å². The number of aromatic amines is 1. The molecule has 0 aliphatic heterocycles. The summed E-state index contributed by atoms with van der Waals surface area (Å²) < 4.78 is 2.48. The van der Waals surface area contributed by atoms with E-state index >= 15 is 0 Å². The van der Waals surface area contributed by atoms with E-state index in [1.807, 2.05) is 0 Å². The van der Waals surface area contributed by atoms with Crippen LogP contribution in [0.15, 0.2) is 12.4 Å². The van der Waals surface area contributed by atoms with Gasteiger partial charge in [-0.05, 0) is 19.3 Å². The zero-order chi connectivity index (χ0) is 20.3. The van der Waals surface area contributed by atoms with Crippen molar-refractivity contribution in [1.29, 1.82) is 0 Å². The lowest BCUT2D eigenvalue weighted by Crippen LogP contribution is -2.37. The maximum Gasteiger partial charge on any atom is 0.257 e. The maximum absolute atomic E-state index is 3.60. The van der Waals surface area contributed by atoms with Gasteiger partial charge in [-0.1, -0.05) is 117 Å². The Balaban J connectivity index is 2.32. The second kappa shape index (κ2) is 18.3. The first-order chi connectivity index (χ1) is 13.8. The Morgan fingerprint density at radius 2 is 1.11 bits per heavy atom. The quantitative estimate of drug-likeness (QED) is 0.170. The van der Waals surface area contributed by atoms with Gasteiger partial charge in [-0.2, -0.15) is 0 Å². The van der Waals surface area contributed by atoms with Crippen LogP contribution < -0.4 is 4.57 Å². The second-order valence-corrected chi connectivity index (χ2v) is 8.91. The minimum Gasteiger partial charge on any atom is -0.247 e. The summed E-state index contributed by atoms with van der Waals surface area (Å²) in [5, 5.41) is 0. The molecule has 164 valence electrons. The molecule has 0 aromatic carbocycles. The van der Waals surface area contributed by atoms with Gasteiger partial charge < -0.3 is 0 Å². The molecule has 1 aromatic heterocycles. The van der Waals surface area contributed by atoms with Crippen molar-refractivity contribution in [3.8, 4) is 0 Å². The number of hydrogen-bond donors (Lipinski definition) is 1. The summed E-state index contributed by atoms with van der Waals surface area (Å²) in [6.07, 6.45) is 29.6. The third-order valence-electron chi connectivity index (χ3n) is 6.21. The molecule has 0 spiro atoms. The van der Waals surface area contributed by atoms with E-state index in [1.54, 1.807) is 0 Å². The number of imidazole rings is 1.